The fourth-order valence-corrected chi connectivity index (χ4v) is 4.33. The first-order chi connectivity index (χ1) is 9.93. The van der Waals surface area contributed by atoms with Gasteiger partial charge >= 0.3 is 0 Å². The van der Waals surface area contributed by atoms with Crippen LogP contribution in [-0.4, -0.2) is 30.8 Å². The van der Waals surface area contributed by atoms with Crippen molar-refractivity contribution >= 4 is 27.2 Å². The molecular weight excluding hydrogens is 304 g/mol. The summed E-state index contributed by atoms with van der Waals surface area (Å²) in [6, 6.07) is 6.59. The summed E-state index contributed by atoms with van der Waals surface area (Å²) in [5.74, 6) is 0. The number of hydrogen-bond acceptors (Lipinski definition) is 3. The van der Waals surface area contributed by atoms with Crippen molar-refractivity contribution < 1.29 is 8.42 Å². The van der Waals surface area contributed by atoms with E-state index in [9.17, 15) is 8.42 Å². The molecule has 1 aliphatic carbocycles. The number of rotatable bonds is 4. The fourth-order valence-electron chi connectivity index (χ4n) is 2.78. The third-order valence-corrected chi connectivity index (χ3v) is 6.31. The SMILES string of the molecule is CN(C1CCCCCC1)S(=O)(=O)c1ccc(C(N)=S)cc1. The van der Waals surface area contributed by atoms with Crippen LogP contribution < -0.4 is 5.73 Å². The highest BCUT2D eigenvalue weighted by Gasteiger charge is 2.28. The van der Waals surface area contributed by atoms with Gasteiger partial charge in [-0.3, -0.25) is 0 Å². The van der Waals surface area contributed by atoms with E-state index in [4.69, 9.17) is 18.0 Å². The predicted molar refractivity (Wildman–Crippen MR) is 88.8 cm³/mol. The van der Waals surface area contributed by atoms with Crippen molar-refractivity contribution in [3.63, 3.8) is 0 Å². The van der Waals surface area contributed by atoms with Crippen LogP contribution >= 0.6 is 12.2 Å². The standard InChI is InChI=1S/C15H22N2O2S2/c1-17(13-6-4-2-3-5-7-13)21(18,19)14-10-8-12(9-11-14)15(16)20/h8-11,13H,2-7H2,1H3,(H2,16,20). The molecule has 6 heteroatoms. The summed E-state index contributed by atoms with van der Waals surface area (Å²) < 4.78 is 26.9. The largest absolute Gasteiger partial charge is 0.389 e. The number of sulfonamides is 1. The molecule has 0 atom stereocenters. The summed E-state index contributed by atoms with van der Waals surface area (Å²) in [7, 11) is -1.76. The first kappa shape index (κ1) is 16.4. The maximum atomic E-state index is 12.7. The van der Waals surface area contributed by atoms with Crippen molar-refractivity contribution in [3.8, 4) is 0 Å². The highest BCUT2D eigenvalue weighted by Crippen LogP contribution is 2.25. The highest BCUT2D eigenvalue weighted by atomic mass is 32.2. The first-order valence-electron chi connectivity index (χ1n) is 7.31. The van der Waals surface area contributed by atoms with Gasteiger partial charge in [0, 0.05) is 18.7 Å². The van der Waals surface area contributed by atoms with E-state index in [1.54, 1.807) is 31.3 Å². The molecule has 0 bridgehead atoms. The lowest BCUT2D eigenvalue weighted by Gasteiger charge is -2.26. The van der Waals surface area contributed by atoms with Crippen molar-refractivity contribution in [2.24, 2.45) is 5.73 Å². The third kappa shape index (κ3) is 3.81. The molecule has 0 heterocycles. The van der Waals surface area contributed by atoms with E-state index >= 15 is 0 Å². The molecule has 0 saturated heterocycles. The minimum atomic E-state index is -3.45. The summed E-state index contributed by atoms with van der Waals surface area (Å²) in [6.07, 6.45) is 6.50. The molecule has 116 valence electrons. The second-order valence-electron chi connectivity index (χ2n) is 5.56. The first-order valence-corrected chi connectivity index (χ1v) is 9.15. The van der Waals surface area contributed by atoms with Crippen molar-refractivity contribution in [1.29, 1.82) is 0 Å². The Morgan fingerprint density at radius 3 is 2.14 bits per heavy atom. The van der Waals surface area contributed by atoms with Crippen molar-refractivity contribution in [1.82, 2.24) is 4.31 Å². The van der Waals surface area contributed by atoms with Crippen molar-refractivity contribution in [2.75, 3.05) is 7.05 Å². The molecule has 1 aromatic rings. The van der Waals surface area contributed by atoms with Gasteiger partial charge in [0.15, 0.2) is 0 Å². The fraction of sp³-hybridized carbons (Fsp3) is 0.533. The van der Waals surface area contributed by atoms with Gasteiger partial charge in [0.2, 0.25) is 10.0 Å². The third-order valence-electron chi connectivity index (χ3n) is 4.15. The highest BCUT2D eigenvalue weighted by molar-refractivity contribution is 7.89. The van der Waals surface area contributed by atoms with Gasteiger partial charge in [0.25, 0.3) is 0 Å². The maximum absolute atomic E-state index is 12.7. The Bertz CT molecular complexity index is 589. The van der Waals surface area contributed by atoms with Gasteiger partial charge in [0.1, 0.15) is 4.99 Å². The van der Waals surface area contributed by atoms with Gasteiger partial charge in [-0.15, -0.1) is 0 Å². The lowest BCUT2D eigenvalue weighted by molar-refractivity contribution is 0.335. The van der Waals surface area contributed by atoms with Crippen LogP contribution in [-0.2, 0) is 10.0 Å². The molecule has 0 unspecified atom stereocenters. The van der Waals surface area contributed by atoms with Crippen LogP contribution in [0.1, 0.15) is 44.1 Å². The zero-order chi connectivity index (χ0) is 15.5. The molecule has 0 aromatic heterocycles. The van der Waals surface area contributed by atoms with E-state index < -0.39 is 10.0 Å². The van der Waals surface area contributed by atoms with Crippen LogP contribution in [0.25, 0.3) is 0 Å². The van der Waals surface area contributed by atoms with Crippen LogP contribution in [0, 0.1) is 0 Å². The summed E-state index contributed by atoms with van der Waals surface area (Å²) in [5, 5.41) is 0. The topological polar surface area (TPSA) is 63.4 Å². The van der Waals surface area contributed by atoms with Crippen LogP contribution in [0.3, 0.4) is 0 Å². The van der Waals surface area contributed by atoms with Gasteiger partial charge in [-0.25, -0.2) is 8.42 Å². The molecule has 2 rings (SSSR count). The zero-order valence-corrected chi connectivity index (χ0v) is 13.9. The summed E-state index contributed by atoms with van der Waals surface area (Å²) in [6.45, 7) is 0. The minimum absolute atomic E-state index is 0.104. The quantitative estimate of drug-likeness (QED) is 0.682. The molecule has 1 saturated carbocycles. The van der Waals surface area contributed by atoms with Gasteiger partial charge in [-0.05, 0) is 25.0 Å². The summed E-state index contributed by atoms with van der Waals surface area (Å²) >= 11 is 4.89. The Labute approximate surface area is 132 Å². The molecule has 0 aliphatic heterocycles. The van der Waals surface area contributed by atoms with Crippen molar-refractivity contribution in [2.45, 2.75) is 49.5 Å². The smallest absolute Gasteiger partial charge is 0.243 e. The average molecular weight is 326 g/mol. The zero-order valence-electron chi connectivity index (χ0n) is 12.3. The minimum Gasteiger partial charge on any atom is -0.389 e. The monoisotopic (exact) mass is 326 g/mol. The lowest BCUT2D eigenvalue weighted by Crippen LogP contribution is -2.36. The Morgan fingerprint density at radius 1 is 1.14 bits per heavy atom. The molecule has 1 fully saturated rings. The van der Waals surface area contributed by atoms with E-state index in [1.807, 2.05) is 0 Å². The van der Waals surface area contributed by atoms with E-state index in [0.29, 0.717) is 10.5 Å². The van der Waals surface area contributed by atoms with Gasteiger partial charge < -0.3 is 5.73 Å². The number of benzene rings is 1. The Kier molecular flexibility index (Phi) is 5.35. The lowest BCUT2D eigenvalue weighted by atomic mass is 10.1. The van der Waals surface area contributed by atoms with Gasteiger partial charge in [0.05, 0.1) is 4.90 Å². The van der Waals surface area contributed by atoms with Gasteiger partial charge in [-0.2, -0.15) is 4.31 Å². The number of nitrogens with zero attached hydrogens (tertiary/aromatic N) is 1. The van der Waals surface area contributed by atoms with Gasteiger partial charge in [-0.1, -0.05) is 50.0 Å². The number of thiocarbonyl (C=S) groups is 1. The molecule has 1 aromatic carbocycles. The van der Waals surface area contributed by atoms with E-state index in [0.717, 1.165) is 25.7 Å². The van der Waals surface area contributed by atoms with Crippen LogP contribution in [0.15, 0.2) is 29.2 Å². The van der Waals surface area contributed by atoms with Crippen LogP contribution in [0.5, 0.6) is 0 Å². The molecule has 4 nitrogen and oxygen atoms in total. The predicted octanol–water partition coefficient (Wildman–Crippen LogP) is 2.66. The maximum Gasteiger partial charge on any atom is 0.243 e. The average Bonchev–Trinajstić information content (AvgIpc) is 2.75. The molecule has 0 radical (unpaired) electrons. The van der Waals surface area contributed by atoms with Crippen LogP contribution in [0.4, 0.5) is 0 Å². The number of nitrogens with two attached hydrogens (primary N) is 1. The Hall–Kier alpha value is -0.980. The molecule has 1 aliphatic rings. The van der Waals surface area contributed by atoms with Crippen LogP contribution in [0.2, 0.25) is 0 Å². The Balaban J connectivity index is 2.21. The second-order valence-corrected chi connectivity index (χ2v) is 7.99. The normalized spacial score (nSPS) is 17.6. The Morgan fingerprint density at radius 2 is 1.67 bits per heavy atom. The van der Waals surface area contributed by atoms with E-state index in [-0.39, 0.29) is 11.0 Å². The molecule has 0 amide bonds. The molecule has 0 spiro atoms. The van der Waals surface area contributed by atoms with E-state index in [2.05, 4.69) is 0 Å². The second kappa shape index (κ2) is 6.85. The number of hydrogen-bond donors (Lipinski definition) is 1. The summed E-state index contributed by atoms with van der Waals surface area (Å²) in [5.41, 5.74) is 6.22. The molecule has 21 heavy (non-hydrogen) atoms. The van der Waals surface area contributed by atoms with E-state index in [1.165, 1.54) is 17.1 Å². The molecular formula is C15H22N2O2S2. The summed E-state index contributed by atoms with van der Waals surface area (Å²) in [4.78, 5) is 0.574. The van der Waals surface area contributed by atoms with Crippen molar-refractivity contribution in [3.05, 3.63) is 29.8 Å². The molecule has 2 N–H and O–H groups in total.